The molecular formula is C24H18ClFN2O3. The lowest BCUT2D eigenvalue weighted by Gasteiger charge is -2.16. The van der Waals surface area contributed by atoms with Gasteiger partial charge < -0.3 is 10.1 Å². The van der Waals surface area contributed by atoms with E-state index >= 15 is 0 Å². The first-order valence-electron chi connectivity index (χ1n) is 9.45. The number of nitrogens with zero attached hydrogens (tertiary/aromatic N) is 1. The summed E-state index contributed by atoms with van der Waals surface area (Å²) in [5.74, 6) is -1.26. The normalized spacial score (nSPS) is 13.7. The molecule has 5 nitrogen and oxygen atoms in total. The van der Waals surface area contributed by atoms with Crippen molar-refractivity contribution in [2.75, 3.05) is 17.3 Å². The second kappa shape index (κ2) is 8.24. The van der Waals surface area contributed by atoms with Gasteiger partial charge in [0.15, 0.2) is 0 Å². The quantitative estimate of drug-likeness (QED) is 0.559. The van der Waals surface area contributed by atoms with Crippen LogP contribution in [-0.4, -0.2) is 18.9 Å². The van der Waals surface area contributed by atoms with Gasteiger partial charge in [0, 0.05) is 5.02 Å². The number of aryl methyl sites for hydroxylation is 1. The summed E-state index contributed by atoms with van der Waals surface area (Å²) in [5.41, 5.74) is 2.38. The van der Waals surface area contributed by atoms with Crippen molar-refractivity contribution >= 4 is 40.4 Å². The van der Waals surface area contributed by atoms with Crippen LogP contribution in [0.2, 0.25) is 5.02 Å². The molecule has 0 unspecified atom stereocenters. The molecule has 3 aromatic carbocycles. The Labute approximate surface area is 183 Å². The topological polar surface area (TPSA) is 58.6 Å². The molecule has 0 radical (unpaired) electrons. The van der Waals surface area contributed by atoms with Crippen LogP contribution in [0.1, 0.15) is 11.1 Å². The zero-order valence-electron chi connectivity index (χ0n) is 16.8. The van der Waals surface area contributed by atoms with Crippen LogP contribution >= 0.6 is 11.6 Å². The van der Waals surface area contributed by atoms with Gasteiger partial charge in [0.25, 0.3) is 11.8 Å². The molecule has 1 heterocycles. The van der Waals surface area contributed by atoms with Crippen molar-refractivity contribution in [2.45, 2.75) is 6.92 Å². The van der Waals surface area contributed by atoms with Gasteiger partial charge in [-0.05, 0) is 48.9 Å². The van der Waals surface area contributed by atoms with E-state index < -0.39 is 17.6 Å². The molecule has 0 spiro atoms. The molecule has 3 aromatic rings. The zero-order chi connectivity index (χ0) is 22.1. The molecular weight excluding hydrogens is 419 g/mol. The summed E-state index contributed by atoms with van der Waals surface area (Å²) in [7, 11) is 1.49. The van der Waals surface area contributed by atoms with E-state index in [0.717, 1.165) is 16.5 Å². The minimum absolute atomic E-state index is 0.0543. The standard InChI is InChI=1S/C24H18ClFN2O3/c1-14-6-8-15(9-7-14)21-22(27-19-12-16(25)10-11-20(19)31-2)24(30)28(23(21)29)18-5-3-4-17(26)13-18/h3-13,27H,1-2H3. The molecule has 0 aromatic heterocycles. The van der Waals surface area contributed by atoms with Gasteiger partial charge in [-0.3, -0.25) is 9.59 Å². The molecule has 1 aliphatic heterocycles. The summed E-state index contributed by atoms with van der Waals surface area (Å²) in [5, 5.41) is 3.45. The second-order valence-electron chi connectivity index (χ2n) is 7.01. The molecule has 0 atom stereocenters. The number of carbonyl (C=O) groups excluding carboxylic acids is 2. The highest BCUT2D eigenvalue weighted by Crippen LogP contribution is 2.36. The maximum Gasteiger partial charge on any atom is 0.282 e. The van der Waals surface area contributed by atoms with Crippen molar-refractivity contribution in [1.82, 2.24) is 0 Å². The molecule has 0 saturated carbocycles. The Morgan fingerprint density at radius 3 is 2.39 bits per heavy atom. The van der Waals surface area contributed by atoms with Crippen LogP contribution in [0.4, 0.5) is 15.8 Å². The lowest BCUT2D eigenvalue weighted by atomic mass is 10.0. The number of methoxy groups -OCH3 is 1. The monoisotopic (exact) mass is 436 g/mol. The number of nitrogens with one attached hydrogen (secondary N) is 1. The molecule has 1 aliphatic rings. The number of benzene rings is 3. The molecule has 0 fully saturated rings. The van der Waals surface area contributed by atoms with Gasteiger partial charge in [-0.2, -0.15) is 0 Å². The molecule has 0 saturated heterocycles. The third kappa shape index (κ3) is 3.90. The largest absolute Gasteiger partial charge is 0.495 e. The summed E-state index contributed by atoms with van der Waals surface area (Å²) in [6.07, 6.45) is 0. The SMILES string of the molecule is COc1ccc(Cl)cc1NC1=C(c2ccc(C)cc2)C(=O)N(c2cccc(F)c2)C1=O. The third-order valence-electron chi connectivity index (χ3n) is 4.91. The summed E-state index contributed by atoms with van der Waals surface area (Å²) < 4.78 is 19.2. The van der Waals surface area contributed by atoms with E-state index in [-0.39, 0.29) is 17.0 Å². The van der Waals surface area contributed by atoms with Gasteiger partial charge in [-0.15, -0.1) is 0 Å². The highest BCUT2D eigenvalue weighted by molar-refractivity contribution is 6.46. The van der Waals surface area contributed by atoms with E-state index in [9.17, 15) is 14.0 Å². The summed E-state index contributed by atoms with van der Waals surface area (Å²) >= 11 is 6.12. The predicted molar refractivity (Wildman–Crippen MR) is 119 cm³/mol. The summed E-state index contributed by atoms with van der Waals surface area (Å²) in [4.78, 5) is 27.7. The Hall–Kier alpha value is -3.64. The first-order chi connectivity index (χ1) is 14.9. The fourth-order valence-electron chi connectivity index (χ4n) is 3.40. The van der Waals surface area contributed by atoms with Gasteiger partial charge in [-0.1, -0.05) is 47.5 Å². The number of halogens is 2. The van der Waals surface area contributed by atoms with Gasteiger partial charge in [0.2, 0.25) is 0 Å². The van der Waals surface area contributed by atoms with E-state index in [1.807, 2.05) is 19.1 Å². The van der Waals surface area contributed by atoms with Crippen molar-refractivity contribution in [1.29, 1.82) is 0 Å². The molecule has 31 heavy (non-hydrogen) atoms. The van der Waals surface area contributed by atoms with Crippen LogP contribution in [0.15, 0.2) is 72.4 Å². The van der Waals surface area contributed by atoms with Crippen molar-refractivity contribution in [3.8, 4) is 5.75 Å². The van der Waals surface area contributed by atoms with Crippen LogP contribution in [0.25, 0.3) is 5.57 Å². The van der Waals surface area contributed by atoms with Crippen LogP contribution in [0, 0.1) is 12.7 Å². The van der Waals surface area contributed by atoms with Gasteiger partial charge in [0.05, 0.1) is 24.1 Å². The Morgan fingerprint density at radius 2 is 1.71 bits per heavy atom. The minimum atomic E-state index is -0.604. The highest BCUT2D eigenvalue weighted by Gasteiger charge is 2.40. The number of hydrogen-bond donors (Lipinski definition) is 1. The Kier molecular flexibility index (Phi) is 5.48. The average Bonchev–Trinajstić information content (AvgIpc) is 2.98. The number of anilines is 2. The summed E-state index contributed by atoms with van der Waals surface area (Å²) in [6, 6.07) is 17.5. The molecule has 0 bridgehead atoms. The van der Waals surface area contributed by atoms with Crippen LogP contribution in [-0.2, 0) is 9.59 Å². The maximum atomic E-state index is 13.8. The lowest BCUT2D eigenvalue weighted by molar-refractivity contribution is -0.120. The van der Waals surface area contributed by atoms with E-state index in [0.29, 0.717) is 22.0 Å². The molecule has 0 aliphatic carbocycles. The number of ether oxygens (including phenoxy) is 1. The van der Waals surface area contributed by atoms with Crippen LogP contribution < -0.4 is 15.0 Å². The highest BCUT2D eigenvalue weighted by atomic mass is 35.5. The third-order valence-corrected chi connectivity index (χ3v) is 5.15. The van der Waals surface area contributed by atoms with Gasteiger partial charge in [0.1, 0.15) is 17.3 Å². The minimum Gasteiger partial charge on any atom is -0.495 e. The van der Waals surface area contributed by atoms with Crippen LogP contribution in [0.5, 0.6) is 5.75 Å². The molecule has 4 rings (SSSR count). The van der Waals surface area contributed by atoms with E-state index in [1.165, 1.54) is 25.3 Å². The molecule has 1 N–H and O–H groups in total. The molecule has 2 amide bonds. The lowest BCUT2D eigenvalue weighted by Crippen LogP contribution is -2.32. The number of rotatable bonds is 5. The first kappa shape index (κ1) is 20.6. The van der Waals surface area contributed by atoms with Crippen LogP contribution in [0.3, 0.4) is 0 Å². The first-order valence-corrected chi connectivity index (χ1v) is 9.83. The van der Waals surface area contributed by atoms with E-state index in [2.05, 4.69) is 5.32 Å². The smallest absolute Gasteiger partial charge is 0.282 e. The fourth-order valence-corrected chi connectivity index (χ4v) is 3.57. The number of carbonyl (C=O) groups is 2. The molecule has 156 valence electrons. The van der Waals surface area contributed by atoms with Crippen molar-refractivity contribution < 1.29 is 18.7 Å². The maximum absolute atomic E-state index is 13.8. The Balaban J connectivity index is 1.86. The Morgan fingerprint density at radius 1 is 0.968 bits per heavy atom. The average molecular weight is 437 g/mol. The van der Waals surface area contributed by atoms with Gasteiger partial charge >= 0.3 is 0 Å². The Bertz CT molecular complexity index is 1220. The van der Waals surface area contributed by atoms with E-state index in [4.69, 9.17) is 16.3 Å². The van der Waals surface area contributed by atoms with Crippen molar-refractivity contribution in [3.05, 3.63) is 94.4 Å². The zero-order valence-corrected chi connectivity index (χ0v) is 17.5. The van der Waals surface area contributed by atoms with Crippen molar-refractivity contribution in [2.24, 2.45) is 0 Å². The predicted octanol–water partition coefficient (Wildman–Crippen LogP) is 5.19. The van der Waals surface area contributed by atoms with E-state index in [1.54, 1.807) is 30.3 Å². The number of imide groups is 1. The number of amides is 2. The van der Waals surface area contributed by atoms with Gasteiger partial charge in [-0.25, -0.2) is 9.29 Å². The fraction of sp³-hybridized carbons (Fsp3) is 0.0833. The molecule has 7 heteroatoms. The van der Waals surface area contributed by atoms with Crippen molar-refractivity contribution in [3.63, 3.8) is 0 Å². The second-order valence-corrected chi connectivity index (χ2v) is 7.45. The number of hydrogen-bond acceptors (Lipinski definition) is 4. The summed E-state index contributed by atoms with van der Waals surface area (Å²) in [6.45, 7) is 1.93.